The van der Waals surface area contributed by atoms with Crippen molar-refractivity contribution < 1.29 is 14.3 Å². The number of amides is 1. The van der Waals surface area contributed by atoms with Gasteiger partial charge in [0.15, 0.2) is 6.61 Å². The Morgan fingerprint density at radius 1 is 1.08 bits per heavy atom. The quantitative estimate of drug-likeness (QED) is 0.860. The van der Waals surface area contributed by atoms with E-state index in [2.05, 4.69) is 5.32 Å². The lowest BCUT2D eigenvalue weighted by molar-refractivity contribution is -0.124. The molecule has 4 heteroatoms. The van der Waals surface area contributed by atoms with E-state index in [-0.39, 0.29) is 18.6 Å². The summed E-state index contributed by atoms with van der Waals surface area (Å²) in [7, 11) is 0. The fourth-order valence-electron chi connectivity index (χ4n) is 3.02. The fraction of sp³-hybridized carbons (Fsp3) is 0.300. The van der Waals surface area contributed by atoms with E-state index in [1.807, 2.05) is 49.4 Å². The molecule has 1 amide bonds. The summed E-state index contributed by atoms with van der Waals surface area (Å²) in [4.78, 5) is 24.1. The molecule has 0 unspecified atom stereocenters. The molecule has 24 heavy (non-hydrogen) atoms. The minimum Gasteiger partial charge on any atom is -0.452 e. The highest BCUT2D eigenvalue weighted by Crippen LogP contribution is 2.23. The summed E-state index contributed by atoms with van der Waals surface area (Å²) in [5.41, 5.74) is 4.04. The van der Waals surface area contributed by atoms with Gasteiger partial charge in [0.2, 0.25) is 0 Å². The third-order valence-corrected chi connectivity index (χ3v) is 4.35. The highest BCUT2D eigenvalue weighted by molar-refractivity contribution is 5.91. The molecule has 3 rings (SSSR count). The summed E-state index contributed by atoms with van der Waals surface area (Å²) in [5.74, 6) is -0.756. The van der Waals surface area contributed by atoms with E-state index in [0.29, 0.717) is 5.56 Å². The van der Waals surface area contributed by atoms with Gasteiger partial charge in [-0.15, -0.1) is 0 Å². The molecule has 1 aliphatic carbocycles. The number of benzene rings is 2. The van der Waals surface area contributed by atoms with Crippen molar-refractivity contribution in [3.8, 4) is 0 Å². The first-order chi connectivity index (χ1) is 11.6. The van der Waals surface area contributed by atoms with Gasteiger partial charge in [-0.3, -0.25) is 4.79 Å². The number of hydrogen-bond acceptors (Lipinski definition) is 3. The first-order valence-corrected chi connectivity index (χ1v) is 8.27. The zero-order valence-corrected chi connectivity index (χ0v) is 13.7. The first kappa shape index (κ1) is 16.2. The van der Waals surface area contributed by atoms with E-state index in [1.54, 1.807) is 6.07 Å². The Balaban J connectivity index is 1.51. The van der Waals surface area contributed by atoms with Crippen LogP contribution < -0.4 is 5.32 Å². The largest absolute Gasteiger partial charge is 0.452 e. The van der Waals surface area contributed by atoms with E-state index >= 15 is 0 Å². The SMILES string of the molecule is C[C@H](NC(=O)COC(=O)c1ccc2c(c1)CCC2)c1ccccc1. The summed E-state index contributed by atoms with van der Waals surface area (Å²) in [6.07, 6.45) is 3.21. The number of carbonyl (C=O) groups excluding carboxylic acids is 2. The topological polar surface area (TPSA) is 55.4 Å². The van der Waals surface area contributed by atoms with E-state index in [0.717, 1.165) is 24.8 Å². The minimum absolute atomic E-state index is 0.127. The zero-order valence-electron chi connectivity index (χ0n) is 13.7. The van der Waals surface area contributed by atoms with Crippen molar-refractivity contribution in [1.29, 1.82) is 0 Å². The van der Waals surface area contributed by atoms with Gasteiger partial charge in [0, 0.05) is 0 Å². The molecule has 0 radical (unpaired) electrons. The number of hydrogen-bond donors (Lipinski definition) is 1. The first-order valence-electron chi connectivity index (χ1n) is 8.27. The van der Waals surface area contributed by atoms with Crippen LogP contribution in [-0.4, -0.2) is 18.5 Å². The van der Waals surface area contributed by atoms with Crippen molar-refractivity contribution in [2.45, 2.75) is 32.2 Å². The Labute approximate surface area is 141 Å². The maximum atomic E-state index is 12.1. The van der Waals surface area contributed by atoms with Gasteiger partial charge in [-0.25, -0.2) is 4.79 Å². The van der Waals surface area contributed by atoms with E-state index in [1.165, 1.54) is 11.1 Å². The summed E-state index contributed by atoms with van der Waals surface area (Å²) < 4.78 is 5.14. The molecule has 0 saturated heterocycles. The van der Waals surface area contributed by atoms with Gasteiger partial charge in [-0.05, 0) is 55.0 Å². The number of esters is 1. The summed E-state index contributed by atoms with van der Waals surface area (Å²) in [5, 5.41) is 2.83. The van der Waals surface area contributed by atoms with Crippen LogP contribution in [0.4, 0.5) is 0 Å². The van der Waals surface area contributed by atoms with Gasteiger partial charge < -0.3 is 10.1 Å². The summed E-state index contributed by atoms with van der Waals surface area (Å²) >= 11 is 0. The maximum Gasteiger partial charge on any atom is 0.338 e. The van der Waals surface area contributed by atoms with Crippen molar-refractivity contribution >= 4 is 11.9 Å². The lowest BCUT2D eigenvalue weighted by Crippen LogP contribution is -2.31. The van der Waals surface area contributed by atoms with Crippen LogP contribution in [0.2, 0.25) is 0 Å². The summed E-state index contributed by atoms with van der Waals surface area (Å²) in [6.45, 7) is 1.63. The Bertz CT molecular complexity index is 740. The molecule has 4 nitrogen and oxygen atoms in total. The third kappa shape index (κ3) is 3.82. The molecule has 0 aromatic heterocycles. The molecule has 0 fully saturated rings. The van der Waals surface area contributed by atoms with E-state index in [9.17, 15) is 9.59 Å². The highest BCUT2D eigenvalue weighted by Gasteiger charge is 2.16. The van der Waals surface area contributed by atoms with Crippen LogP contribution in [0.25, 0.3) is 0 Å². The molecule has 124 valence electrons. The van der Waals surface area contributed by atoms with Crippen LogP contribution in [0.1, 0.15) is 46.4 Å². The van der Waals surface area contributed by atoms with Crippen LogP contribution >= 0.6 is 0 Å². The van der Waals surface area contributed by atoms with Gasteiger partial charge in [0.25, 0.3) is 5.91 Å². The normalized spacial score (nSPS) is 13.9. The molecule has 0 spiro atoms. The van der Waals surface area contributed by atoms with Crippen molar-refractivity contribution in [2.24, 2.45) is 0 Å². The highest BCUT2D eigenvalue weighted by atomic mass is 16.5. The molecule has 0 saturated carbocycles. The molecule has 1 N–H and O–H groups in total. The van der Waals surface area contributed by atoms with Gasteiger partial charge in [0.05, 0.1) is 11.6 Å². The van der Waals surface area contributed by atoms with Crippen molar-refractivity contribution in [3.05, 3.63) is 70.8 Å². The number of nitrogens with one attached hydrogen (secondary N) is 1. The van der Waals surface area contributed by atoms with Gasteiger partial charge in [-0.1, -0.05) is 36.4 Å². The lowest BCUT2D eigenvalue weighted by Gasteiger charge is -2.14. The van der Waals surface area contributed by atoms with Crippen LogP contribution in [0.15, 0.2) is 48.5 Å². The number of rotatable bonds is 5. The molecule has 1 atom stereocenters. The molecule has 2 aromatic rings. The fourth-order valence-corrected chi connectivity index (χ4v) is 3.02. The van der Waals surface area contributed by atoms with Crippen molar-refractivity contribution in [1.82, 2.24) is 5.32 Å². The number of ether oxygens (including phenoxy) is 1. The average Bonchev–Trinajstić information content (AvgIpc) is 3.08. The Hall–Kier alpha value is -2.62. The van der Waals surface area contributed by atoms with Crippen LogP contribution in [0.5, 0.6) is 0 Å². The molecule has 0 bridgehead atoms. The molecular weight excluding hydrogens is 302 g/mol. The van der Waals surface area contributed by atoms with Crippen molar-refractivity contribution in [2.75, 3.05) is 6.61 Å². The van der Waals surface area contributed by atoms with Crippen LogP contribution in [-0.2, 0) is 22.4 Å². The lowest BCUT2D eigenvalue weighted by atomic mass is 10.1. The van der Waals surface area contributed by atoms with E-state index < -0.39 is 5.97 Å². The maximum absolute atomic E-state index is 12.1. The third-order valence-electron chi connectivity index (χ3n) is 4.35. The molecule has 1 aliphatic rings. The minimum atomic E-state index is -0.452. The average molecular weight is 323 g/mol. The standard InChI is InChI=1S/C20H21NO3/c1-14(15-6-3-2-4-7-15)21-19(22)13-24-20(23)18-11-10-16-8-5-9-17(16)12-18/h2-4,6-7,10-12,14H,5,8-9,13H2,1H3,(H,21,22)/t14-/m0/s1. The molecular formula is C20H21NO3. The van der Waals surface area contributed by atoms with Crippen LogP contribution in [0, 0.1) is 0 Å². The van der Waals surface area contributed by atoms with Gasteiger partial charge in [0.1, 0.15) is 0 Å². The van der Waals surface area contributed by atoms with Gasteiger partial charge >= 0.3 is 5.97 Å². The van der Waals surface area contributed by atoms with E-state index in [4.69, 9.17) is 4.74 Å². The second-order valence-electron chi connectivity index (χ2n) is 6.11. The number of fused-ring (bicyclic) bond motifs is 1. The molecule has 0 heterocycles. The predicted octanol–water partition coefficient (Wildman–Crippen LogP) is 3.21. The molecule has 0 aliphatic heterocycles. The van der Waals surface area contributed by atoms with Crippen molar-refractivity contribution in [3.63, 3.8) is 0 Å². The monoisotopic (exact) mass is 323 g/mol. The number of carbonyl (C=O) groups is 2. The Morgan fingerprint density at radius 3 is 2.62 bits per heavy atom. The second kappa shape index (κ2) is 7.30. The van der Waals surface area contributed by atoms with Crippen LogP contribution in [0.3, 0.4) is 0 Å². The smallest absolute Gasteiger partial charge is 0.338 e. The predicted molar refractivity (Wildman–Crippen MR) is 91.7 cm³/mol. The molecule has 2 aromatic carbocycles. The number of aryl methyl sites for hydroxylation is 2. The summed E-state index contributed by atoms with van der Waals surface area (Å²) in [6, 6.07) is 15.2. The zero-order chi connectivity index (χ0) is 16.9. The Morgan fingerprint density at radius 2 is 1.83 bits per heavy atom. The Kier molecular flexibility index (Phi) is 4.94. The second-order valence-corrected chi connectivity index (χ2v) is 6.11. The van der Waals surface area contributed by atoms with Gasteiger partial charge in [-0.2, -0.15) is 0 Å².